The van der Waals surface area contributed by atoms with Gasteiger partial charge in [-0.25, -0.2) is 9.48 Å². The number of hydrogen-bond acceptors (Lipinski definition) is 5. The van der Waals surface area contributed by atoms with E-state index in [-0.39, 0.29) is 11.5 Å². The molecule has 0 aliphatic carbocycles. The number of hydrogen-bond donors (Lipinski definition) is 2. The molecule has 9 heteroatoms. The first kappa shape index (κ1) is 21.3. The van der Waals surface area contributed by atoms with Crippen molar-refractivity contribution in [3.05, 3.63) is 69.6 Å². The number of rotatable bonds is 7. The van der Waals surface area contributed by atoms with Crippen molar-refractivity contribution in [2.45, 2.75) is 27.3 Å². The number of aryl methyl sites for hydroxylation is 1. The van der Waals surface area contributed by atoms with Gasteiger partial charge in [0.2, 0.25) is 0 Å². The maximum absolute atomic E-state index is 12.3. The van der Waals surface area contributed by atoms with Crippen LogP contribution in [0.15, 0.2) is 36.5 Å². The third-order valence-corrected chi connectivity index (χ3v) is 4.96. The van der Waals surface area contributed by atoms with Gasteiger partial charge in [0, 0.05) is 22.3 Å². The number of carbonyl (C=O) groups is 3. The Morgan fingerprint density at radius 1 is 1.20 bits per heavy atom. The molecule has 3 aromatic rings. The van der Waals surface area contributed by atoms with Gasteiger partial charge >= 0.3 is 5.97 Å². The Kier molecular flexibility index (Phi) is 6.37. The van der Waals surface area contributed by atoms with E-state index < -0.39 is 18.5 Å². The Morgan fingerprint density at radius 2 is 1.93 bits per heavy atom. The van der Waals surface area contributed by atoms with Crippen molar-refractivity contribution in [1.82, 2.24) is 14.8 Å². The Bertz CT molecular complexity index is 1120. The zero-order valence-corrected chi connectivity index (χ0v) is 17.5. The number of ether oxygens (including phenoxy) is 1. The van der Waals surface area contributed by atoms with Crippen LogP contribution in [0.2, 0.25) is 5.02 Å². The first-order valence-corrected chi connectivity index (χ1v) is 9.58. The van der Waals surface area contributed by atoms with Crippen molar-refractivity contribution < 1.29 is 19.1 Å². The predicted octanol–water partition coefficient (Wildman–Crippen LogP) is 3.53. The predicted molar refractivity (Wildman–Crippen MR) is 112 cm³/mol. The number of amides is 1. The minimum Gasteiger partial charge on any atom is -0.451 e. The summed E-state index contributed by atoms with van der Waals surface area (Å²) in [4.78, 5) is 39.1. The molecule has 8 nitrogen and oxygen atoms in total. The van der Waals surface area contributed by atoms with Gasteiger partial charge in [-0.1, -0.05) is 29.8 Å². The largest absolute Gasteiger partial charge is 0.451 e. The second-order valence-corrected chi connectivity index (χ2v) is 7.18. The van der Waals surface area contributed by atoms with Crippen molar-refractivity contribution in [2.24, 2.45) is 0 Å². The first-order chi connectivity index (χ1) is 14.3. The number of nitrogens with zero attached hydrogens (tertiary/aromatic N) is 2. The Balaban J connectivity index is 1.62. The van der Waals surface area contributed by atoms with Gasteiger partial charge < -0.3 is 15.0 Å². The Labute approximate surface area is 178 Å². The molecule has 1 aromatic carbocycles. The maximum atomic E-state index is 12.3. The molecule has 0 unspecified atom stereocenters. The molecule has 0 radical (unpaired) electrons. The molecule has 2 aromatic heterocycles. The van der Waals surface area contributed by atoms with Gasteiger partial charge in [0.1, 0.15) is 11.5 Å². The van der Waals surface area contributed by atoms with Gasteiger partial charge in [-0.05, 0) is 38.0 Å². The lowest BCUT2D eigenvalue weighted by atomic mass is 10.1. The standard InChI is InChI=1S/C21H21ClN4O4/c1-12-19(14(3)27)13(2)24-20(12)21(29)30-11-18(28)25-17-8-9-23-26(17)10-15-6-4-5-7-16(15)22/h4-9,24H,10-11H2,1-3H3,(H,25,28). The molecule has 30 heavy (non-hydrogen) atoms. The van der Waals surface area contributed by atoms with E-state index in [1.165, 1.54) is 6.92 Å². The molecule has 0 saturated carbocycles. The summed E-state index contributed by atoms with van der Waals surface area (Å²) in [6, 6.07) is 8.98. The number of aromatic amines is 1. The van der Waals surface area contributed by atoms with Crippen LogP contribution in [0.1, 0.15) is 44.6 Å². The zero-order chi connectivity index (χ0) is 21.8. The summed E-state index contributed by atoms with van der Waals surface area (Å²) in [5.41, 5.74) is 2.55. The molecule has 0 atom stereocenters. The molecule has 1 amide bonds. The topological polar surface area (TPSA) is 106 Å². The molecule has 0 spiro atoms. The van der Waals surface area contributed by atoms with Gasteiger partial charge in [-0.3, -0.25) is 9.59 Å². The van der Waals surface area contributed by atoms with E-state index in [1.807, 2.05) is 18.2 Å². The molecule has 0 saturated heterocycles. The lowest BCUT2D eigenvalue weighted by Crippen LogP contribution is -2.23. The van der Waals surface area contributed by atoms with Crippen molar-refractivity contribution in [3.63, 3.8) is 0 Å². The zero-order valence-electron chi connectivity index (χ0n) is 16.8. The summed E-state index contributed by atoms with van der Waals surface area (Å²) in [7, 11) is 0. The van der Waals surface area contributed by atoms with E-state index in [9.17, 15) is 14.4 Å². The molecular weight excluding hydrogens is 408 g/mol. The first-order valence-electron chi connectivity index (χ1n) is 9.20. The summed E-state index contributed by atoms with van der Waals surface area (Å²) >= 11 is 6.18. The van der Waals surface area contributed by atoms with E-state index in [4.69, 9.17) is 16.3 Å². The number of H-pyrrole nitrogens is 1. The molecule has 156 valence electrons. The van der Waals surface area contributed by atoms with Crippen molar-refractivity contribution in [1.29, 1.82) is 0 Å². The third kappa shape index (κ3) is 4.60. The van der Waals surface area contributed by atoms with Gasteiger partial charge in [-0.15, -0.1) is 0 Å². The average molecular weight is 429 g/mol. The Hall–Kier alpha value is -3.39. The van der Waals surface area contributed by atoms with Crippen LogP contribution in [0.25, 0.3) is 0 Å². The van der Waals surface area contributed by atoms with Crippen LogP contribution in [0.4, 0.5) is 5.82 Å². The van der Waals surface area contributed by atoms with Crippen LogP contribution in [0.5, 0.6) is 0 Å². The third-order valence-electron chi connectivity index (χ3n) is 4.59. The number of ketones is 1. The fourth-order valence-corrected chi connectivity index (χ4v) is 3.41. The quantitative estimate of drug-likeness (QED) is 0.442. The highest BCUT2D eigenvalue weighted by molar-refractivity contribution is 6.31. The van der Waals surface area contributed by atoms with Crippen LogP contribution in [-0.4, -0.2) is 39.0 Å². The van der Waals surface area contributed by atoms with E-state index in [1.54, 1.807) is 36.9 Å². The molecule has 0 bridgehead atoms. The van der Waals surface area contributed by atoms with Crippen molar-refractivity contribution in [3.8, 4) is 0 Å². The number of esters is 1. The number of aromatic nitrogens is 3. The average Bonchev–Trinajstić information content (AvgIpc) is 3.25. The SMILES string of the molecule is CC(=O)c1c(C)[nH]c(C(=O)OCC(=O)Nc2ccnn2Cc2ccccc2Cl)c1C. The molecule has 2 N–H and O–H groups in total. The Morgan fingerprint density at radius 3 is 2.60 bits per heavy atom. The molecule has 2 heterocycles. The van der Waals surface area contributed by atoms with Crippen molar-refractivity contribution in [2.75, 3.05) is 11.9 Å². The van der Waals surface area contributed by atoms with Gasteiger partial charge in [0.05, 0.1) is 12.7 Å². The van der Waals surface area contributed by atoms with Crippen LogP contribution >= 0.6 is 11.6 Å². The van der Waals surface area contributed by atoms with Crippen LogP contribution in [0.3, 0.4) is 0 Å². The summed E-state index contributed by atoms with van der Waals surface area (Å²) in [6.45, 7) is 4.68. The fourth-order valence-electron chi connectivity index (χ4n) is 3.22. The lowest BCUT2D eigenvalue weighted by molar-refractivity contribution is -0.119. The van der Waals surface area contributed by atoms with E-state index in [0.29, 0.717) is 34.2 Å². The molecule has 3 rings (SSSR count). The van der Waals surface area contributed by atoms with Gasteiger partial charge in [0.25, 0.3) is 5.91 Å². The molecular formula is C21H21ClN4O4. The smallest absolute Gasteiger partial charge is 0.355 e. The molecule has 0 fully saturated rings. The number of carbonyl (C=O) groups excluding carboxylic acids is 3. The minimum absolute atomic E-state index is 0.148. The number of halogens is 1. The monoisotopic (exact) mass is 428 g/mol. The van der Waals surface area contributed by atoms with Crippen LogP contribution < -0.4 is 5.32 Å². The summed E-state index contributed by atoms with van der Waals surface area (Å²) in [5.74, 6) is -0.925. The van der Waals surface area contributed by atoms with E-state index >= 15 is 0 Å². The maximum Gasteiger partial charge on any atom is 0.355 e. The number of benzene rings is 1. The summed E-state index contributed by atoms with van der Waals surface area (Å²) in [6.07, 6.45) is 1.55. The second-order valence-electron chi connectivity index (χ2n) is 6.77. The van der Waals surface area contributed by atoms with Gasteiger partial charge in [-0.2, -0.15) is 5.10 Å². The van der Waals surface area contributed by atoms with E-state index in [2.05, 4.69) is 15.4 Å². The lowest BCUT2D eigenvalue weighted by Gasteiger charge is -2.10. The molecule has 0 aliphatic rings. The van der Waals surface area contributed by atoms with Crippen molar-refractivity contribution >= 4 is 35.1 Å². The van der Waals surface area contributed by atoms with Crippen LogP contribution in [0, 0.1) is 13.8 Å². The fraction of sp³-hybridized carbons (Fsp3) is 0.238. The van der Waals surface area contributed by atoms with E-state index in [0.717, 1.165) is 5.56 Å². The molecule has 0 aliphatic heterocycles. The summed E-state index contributed by atoms with van der Waals surface area (Å²) in [5, 5.41) is 7.45. The number of anilines is 1. The highest BCUT2D eigenvalue weighted by Crippen LogP contribution is 2.20. The number of nitrogens with one attached hydrogen (secondary N) is 2. The van der Waals surface area contributed by atoms with Crippen LogP contribution in [-0.2, 0) is 16.1 Å². The highest BCUT2D eigenvalue weighted by atomic mass is 35.5. The summed E-state index contributed by atoms with van der Waals surface area (Å²) < 4.78 is 6.68. The highest BCUT2D eigenvalue weighted by Gasteiger charge is 2.21. The van der Waals surface area contributed by atoms with Gasteiger partial charge in [0.15, 0.2) is 12.4 Å². The normalized spacial score (nSPS) is 10.7. The second kappa shape index (κ2) is 8.96. The minimum atomic E-state index is -0.706. The number of Topliss-reactive ketones (excluding diaryl/α,β-unsaturated/α-hetero) is 1.